The summed E-state index contributed by atoms with van der Waals surface area (Å²) in [5, 5.41) is 3.35. The molecule has 2 N–H and O–H groups in total. The average Bonchev–Trinajstić information content (AvgIpc) is 2.97. The molecule has 1 aromatic heterocycles. The van der Waals surface area contributed by atoms with Crippen LogP contribution in [0.25, 0.3) is 0 Å². The zero-order chi connectivity index (χ0) is 17.8. The number of halogens is 1. The standard InChI is InChI=1S/C17H17ClN4O3/c18-12-2-1-3-14(7-12)22-9-11(6-16(22)24)17(25)19-5-4-13-8-15(23)21-10-20-13/h1-3,7-8,10-11H,4-6,9H2,(H,19,25)(H,20,21,23). The lowest BCUT2D eigenvalue weighted by Crippen LogP contribution is -2.34. The van der Waals surface area contributed by atoms with Crippen LogP contribution in [-0.2, 0) is 16.0 Å². The smallest absolute Gasteiger partial charge is 0.250 e. The van der Waals surface area contributed by atoms with Crippen molar-refractivity contribution in [2.24, 2.45) is 5.92 Å². The molecule has 0 spiro atoms. The average molecular weight is 361 g/mol. The maximum absolute atomic E-state index is 12.3. The van der Waals surface area contributed by atoms with Gasteiger partial charge in [0.2, 0.25) is 11.8 Å². The van der Waals surface area contributed by atoms with Crippen molar-refractivity contribution >= 4 is 29.1 Å². The Morgan fingerprint density at radius 2 is 2.20 bits per heavy atom. The lowest BCUT2D eigenvalue weighted by Gasteiger charge is -2.17. The fourth-order valence-electron chi connectivity index (χ4n) is 2.78. The summed E-state index contributed by atoms with van der Waals surface area (Å²) >= 11 is 5.96. The molecule has 1 unspecified atom stereocenters. The first-order valence-corrected chi connectivity index (χ1v) is 8.28. The van der Waals surface area contributed by atoms with Gasteiger partial charge in [0.25, 0.3) is 5.56 Å². The summed E-state index contributed by atoms with van der Waals surface area (Å²) in [5.41, 5.74) is 1.07. The number of carbonyl (C=O) groups is 2. The highest BCUT2D eigenvalue weighted by Gasteiger charge is 2.34. The molecular formula is C17H17ClN4O3. The van der Waals surface area contributed by atoms with Crippen LogP contribution < -0.4 is 15.8 Å². The van der Waals surface area contributed by atoms with Crippen molar-refractivity contribution in [2.45, 2.75) is 12.8 Å². The van der Waals surface area contributed by atoms with Gasteiger partial charge < -0.3 is 15.2 Å². The van der Waals surface area contributed by atoms with Crippen LogP contribution in [0.2, 0.25) is 5.02 Å². The largest absolute Gasteiger partial charge is 0.355 e. The number of aromatic amines is 1. The van der Waals surface area contributed by atoms with Gasteiger partial charge in [-0.25, -0.2) is 4.98 Å². The van der Waals surface area contributed by atoms with Gasteiger partial charge in [0.1, 0.15) is 0 Å². The van der Waals surface area contributed by atoms with E-state index in [0.717, 1.165) is 0 Å². The number of hydrogen-bond acceptors (Lipinski definition) is 4. The van der Waals surface area contributed by atoms with E-state index >= 15 is 0 Å². The molecule has 8 heteroatoms. The Balaban J connectivity index is 1.55. The zero-order valence-electron chi connectivity index (χ0n) is 13.4. The van der Waals surface area contributed by atoms with Crippen LogP contribution in [0.5, 0.6) is 0 Å². The van der Waals surface area contributed by atoms with Gasteiger partial charge in [0, 0.05) is 48.4 Å². The second kappa shape index (κ2) is 7.48. The van der Waals surface area contributed by atoms with E-state index in [2.05, 4.69) is 15.3 Å². The molecule has 0 radical (unpaired) electrons. The molecule has 1 fully saturated rings. The van der Waals surface area contributed by atoms with E-state index < -0.39 is 5.92 Å². The van der Waals surface area contributed by atoms with Crippen molar-refractivity contribution in [1.29, 1.82) is 0 Å². The number of hydrogen-bond donors (Lipinski definition) is 2. The van der Waals surface area contributed by atoms with Crippen molar-refractivity contribution in [3.63, 3.8) is 0 Å². The molecule has 130 valence electrons. The van der Waals surface area contributed by atoms with Crippen LogP contribution in [0.3, 0.4) is 0 Å². The molecule has 25 heavy (non-hydrogen) atoms. The summed E-state index contributed by atoms with van der Waals surface area (Å²) in [5.74, 6) is -0.681. The van der Waals surface area contributed by atoms with Crippen LogP contribution in [-0.4, -0.2) is 34.9 Å². The summed E-state index contributed by atoms with van der Waals surface area (Å²) in [7, 11) is 0. The third kappa shape index (κ3) is 4.24. The third-order valence-electron chi connectivity index (χ3n) is 4.03. The highest BCUT2D eigenvalue weighted by Crippen LogP contribution is 2.27. The molecule has 1 aromatic carbocycles. The fourth-order valence-corrected chi connectivity index (χ4v) is 2.97. The number of nitrogens with one attached hydrogen (secondary N) is 2. The van der Waals surface area contributed by atoms with E-state index in [4.69, 9.17) is 11.6 Å². The maximum Gasteiger partial charge on any atom is 0.250 e. The van der Waals surface area contributed by atoms with E-state index in [1.165, 1.54) is 12.4 Å². The quantitative estimate of drug-likeness (QED) is 0.835. The van der Waals surface area contributed by atoms with Gasteiger partial charge in [0.15, 0.2) is 0 Å². The molecule has 3 rings (SSSR count). The first-order chi connectivity index (χ1) is 12.0. The highest BCUT2D eigenvalue weighted by molar-refractivity contribution is 6.30. The lowest BCUT2D eigenvalue weighted by molar-refractivity contribution is -0.126. The SMILES string of the molecule is O=C(NCCc1cc(=O)[nH]cn1)C1CC(=O)N(c2cccc(Cl)c2)C1. The number of anilines is 1. The fraction of sp³-hybridized carbons (Fsp3) is 0.294. The minimum Gasteiger partial charge on any atom is -0.355 e. The monoisotopic (exact) mass is 360 g/mol. The summed E-state index contributed by atoms with van der Waals surface area (Å²) in [6.45, 7) is 0.686. The van der Waals surface area contributed by atoms with E-state index in [1.807, 2.05) is 0 Å². The Kier molecular flexibility index (Phi) is 5.14. The van der Waals surface area contributed by atoms with Gasteiger partial charge in [-0.3, -0.25) is 14.4 Å². The van der Waals surface area contributed by atoms with E-state index in [0.29, 0.717) is 35.9 Å². The Bertz CT molecular complexity index is 852. The number of benzene rings is 1. The zero-order valence-corrected chi connectivity index (χ0v) is 14.1. The molecule has 1 aliphatic heterocycles. The topological polar surface area (TPSA) is 95.2 Å². The number of carbonyl (C=O) groups excluding carboxylic acids is 2. The van der Waals surface area contributed by atoms with Gasteiger partial charge in [-0.05, 0) is 18.2 Å². The molecule has 2 heterocycles. The van der Waals surface area contributed by atoms with Crippen molar-refractivity contribution in [2.75, 3.05) is 18.0 Å². The Hall–Kier alpha value is -2.67. The van der Waals surface area contributed by atoms with Gasteiger partial charge in [-0.15, -0.1) is 0 Å². The van der Waals surface area contributed by atoms with Gasteiger partial charge in [0.05, 0.1) is 12.2 Å². The van der Waals surface area contributed by atoms with Crippen molar-refractivity contribution in [1.82, 2.24) is 15.3 Å². The Morgan fingerprint density at radius 3 is 2.96 bits per heavy atom. The minimum absolute atomic E-state index is 0.0984. The molecule has 0 saturated carbocycles. The number of nitrogens with zero attached hydrogens (tertiary/aromatic N) is 2. The summed E-state index contributed by atoms with van der Waals surface area (Å²) in [6, 6.07) is 8.40. The number of H-pyrrole nitrogens is 1. The molecular weight excluding hydrogens is 344 g/mol. The van der Waals surface area contributed by atoms with Crippen LogP contribution in [0.1, 0.15) is 12.1 Å². The van der Waals surface area contributed by atoms with Gasteiger partial charge in [-0.2, -0.15) is 0 Å². The van der Waals surface area contributed by atoms with E-state index in [-0.39, 0.29) is 23.8 Å². The second-order valence-electron chi connectivity index (χ2n) is 5.83. The lowest BCUT2D eigenvalue weighted by atomic mass is 10.1. The van der Waals surface area contributed by atoms with Crippen LogP contribution in [0.4, 0.5) is 5.69 Å². The van der Waals surface area contributed by atoms with Crippen molar-refractivity contribution < 1.29 is 9.59 Å². The van der Waals surface area contributed by atoms with Crippen LogP contribution in [0.15, 0.2) is 41.5 Å². The van der Waals surface area contributed by atoms with Gasteiger partial charge in [-0.1, -0.05) is 17.7 Å². The first kappa shape index (κ1) is 17.2. The summed E-state index contributed by atoms with van der Waals surface area (Å²) < 4.78 is 0. The first-order valence-electron chi connectivity index (χ1n) is 7.90. The predicted octanol–water partition coefficient (Wildman–Crippen LogP) is 1.14. The van der Waals surface area contributed by atoms with E-state index in [9.17, 15) is 14.4 Å². The number of amides is 2. The number of rotatable bonds is 5. The second-order valence-corrected chi connectivity index (χ2v) is 6.27. The Labute approximate surface area is 149 Å². The minimum atomic E-state index is -0.404. The van der Waals surface area contributed by atoms with E-state index in [1.54, 1.807) is 29.2 Å². The van der Waals surface area contributed by atoms with Crippen LogP contribution >= 0.6 is 11.6 Å². The van der Waals surface area contributed by atoms with Crippen molar-refractivity contribution in [3.8, 4) is 0 Å². The number of aromatic nitrogens is 2. The molecule has 1 aliphatic rings. The van der Waals surface area contributed by atoms with Crippen LogP contribution in [0, 0.1) is 5.92 Å². The van der Waals surface area contributed by atoms with Gasteiger partial charge >= 0.3 is 0 Å². The molecule has 1 atom stereocenters. The summed E-state index contributed by atoms with van der Waals surface area (Å²) in [6.07, 6.45) is 1.95. The molecule has 0 aliphatic carbocycles. The molecule has 2 amide bonds. The normalized spacial score (nSPS) is 16.9. The Morgan fingerprint density at radius 1 is 1.36 bits per heavy atom. The molecule has 0 bridgehead atoms. The van der Waals surface area contributed by atoms with Crippen molar-refractivity contribution in [3.05, 3.63) is 57.7 Å². The predicted molar refractivity (Wildman–Crippen MR) is 93.5 cm³/mol. The molecule has 7 nitrogen and oxygen atoms in total. The molecule has 2 aromatic rings. The third-order valence-corrected chi connectivity index (χ3v) is 4.27. The highest BCUT2D eigenvalue weighted by atomic mass is 35.5. The summed E-state index contributed by atoms with van der Waals surface area (Å²) in [4.78, 5) is 43.7. The maximum atomic E-state index is 12.3. The molecule has 1 saturated heterocycles.